The molecular weight excluding hydrogens is 226 g/mol. The van der Waals surface area contributed by atoms with Gasteiger partial charge < -0.3 is 10.2 Å². The number of anilines is 1. The number of hydrogen-bond donors (Lipinski definition) is 1. The lowest BCUT2D eigenvalue weighted by Gasteiger charge is -2.13. The van der Waals surface area contributed by atoms with Gasteiger partial charge in [0.1, 0.15) is 11.0 Å². The Morgan fingerprint density at radius 2 is 2.19 bits per heavy atom. The zero-order valence-electron chi connectivity index (χ0n) is 9.33. The zero-order chi connectivity index (χ0) is 11.7. The van der Waals surface area contributed by atoms with Crippen molar-refractivity contribution in [3.63, 3.8) is 0 Å². The van der Waals surface area contributed by atoms with Gasteiger partial charge in [-0.3, -0.25) is 4.79 Å². The van der Waals surface area contributed by atoms with Gasteiger partial charge in [0.05, 0.1) is 0 Å². The zero-order valence-corrected chi connectivity index (χ0v) is 10.1. The van der Waals surface area contributed by atoms with Gasteiger partial charge in [-0.15, -0.1) is 0 Å². The summed E-state index contributed by atoms with van der Waals surface area (Å²) in [4.78, 5) is 17.7. The van der Waals surface area contributed by atoms with Gasteiger partial charge in [0, 0.05) is 25.7 Å². The average molecular weight is 240 g/mol. The molecule has 1 aliphatic rings. The SMILES string of the molecule is CN(C)c1cc(C(=O)NC2CC2)cc(Cl)n1. The second-order valence-corrected chi connectivity index (χ2v) is 4.57. The highest BCUT2D eigenvalue weighted by Crippen LogP contribution is 2.21. The first-order valence-electron chi connectivity index (χ1n) is 5.22. The molecule has 1 aromatic rings. The molecule has 0 unspecified atom stereocenters. The van der Waals surface area contributed by atoms with Crippen LogP contribution < -0.4 is 10.2 Å². The van der Waals surface area contributed by atoms with Gasteiger partial charge in [0.25, 0.3) is 5.91 Å². The van der Waals surface area contributed by atoms with E-state index in [4.69, 9.17) is 11.6 Å². The maximum absolute atomic E-state index is 11.8. The molecule has 0 atom stereocenters. The highest BCUT2D eigenvalue weighted by molar-refractivity contribution is 6.29. The molecule has 0 radical (unpaired) electrons. The number of rotatable bonds is 3. The van der Waals surface area contributed by atoms with Crippen molar-refractivity contribution in [3.8, 4) is 0 Å². The van der Waals surface area contributed by atoms with E-state index in [0.29, 0.717) is 22.6 Å². The van der Waals surface area contributed by atoms with E-state index in [1.165, 1.54) is 0 Å². The first-order valence-corrected chi connectivity index (χ1v) is 5.60. The first-order chi connectivity index (χ1) is 7.56. The van der Waals surface area contributed by atoms with E-state index < -0.39 is 0 Å². The van der Waals surface area contributed by atoms with Crippen LogP contribution >= 0.6 is 11.6 Å². The summed E-state index contributed by atoms with van der Waals surface area (Å²) in [6, 6.07) is 3.68. The molecule has 0 aliphatic heterocycles. The lowest BCUT2D eigenvalue weighted by molar-refractivity contribution is 0.0951. The fourth-order valence-electron chi connectivity index (χ4n) is 1.34. The summed E-state index contributed by atoms with van der Waals surface area (Å²) in [6.45, 7) is 0. The smallest absolute Gasteiger partial charge is 0.251 e. The van der Waals surface area contributed by atoms with E-state index in [9.17, 15) is 4.79 Å². The van der Waals surface area contributed by atoms with Crippen molar-refractivity contribution < 1.29 is 4.79 Å². The predicted octanol–water partition coefficient (Wildman–Crippen LogP) is 1.69. The Bertz CT molecular complexity index is 416. The average Bonchev–Trinajstić information content (AvgIpc) is 3.00. The first kappa shape index (κ1) is 11.2. The minimum absolute atomic E-state index is 0.0742. The molecule has 5 heteroatoms. The molecule has 0 aromatic carbocycles. The molecule has 1 N–H and O–H groups in total. The van der Waals surface area contributed by atoms with Crippen molar-refractivity contribution >= 4 is 23.3 Å². The van der Waals surface area contributed by atoms with Crippen LogP contribution in [-0.2, 0) is 0 Å². The molecule has 0 saturated heterocycles. The highest BCUT2D eigenvalue weighted by Gasteiger charge is 2.24. The quantitative estimate of drug-likeness (QED) is 0.817. The predicted molar refractivity (Wildman–Crippen MR) is 64.1 cm³/mol. The lowest BCUT2D eigenvalue weighted by Crippen LogP contribution is -2.25. The van der Waals surface area contributed by atoms with Crippen LogP contribution in [-0.4, -0.2) is 31.0 Å². The number of carbonyl (C=O) groups is 1. The van der Waals surface area contributed by atoms with Crippen molar-refractivity contribution in [2.24, 2.45) is 0 Å². The van der Waals surface area contributed by atoms with E-state index in [1.807, 2.05) is 19.0 Å². The molecule has 4 nitrogen and oxygen atoms in total. The van der Waals surface area contributed by atoms with Gasteiger partial charge in [-0.25, -0.2) is 4.98 Å². The van der Waals surface area contributed by atoms with Crippen LogP contribution in [0.15, 0.2) is 12.1 Å². The van der Waals surface area contributed by atoms with E-state index >= 15 is 0 Å². The van der Waals surface area contributed by atoms with Crippen LogP contribution in [0.5, 0.6) is 0 Å². The largest absolute Gasteiger partial charge is 0.363 e. The van der Waals surface area contributed by atoms with Crippen molar-refractivity contribution in [1.29, 1.82) is 0 Å². The van der Waals surface area contributed by atoms with Crippen LogP contribution in [0.2, 0.25) is 5.15 Å². The van der Waals surface area contributed by atoms with Crippen molar-refractivity contribution in [3.05, 3.63) is 22.8 Å². The van der Waals surface area contributed by atoms with Crippen molar-refractivity contribution in [2.75, 3.05) is 19.0 Å². The highest BCUT2D eigenvalue weighted by atomic mass is 35.5. The Balaban J connectivity index is 2.21. The second-order valence-electron chi connectivity index (χ2n) is 4.18. The second kappa shape index (κ2) is 4.29. The van der Waals surface area contributed by atoms with Gasteiger partial charge in [-0.05, 0) is 25.0 Å². The minimum Gasteiger partial charge on any atom is -0.363 e. The Hall–Kier alpha value is -1.29. The summed E-state index contributed by atoms with van der Waals surface area (Å²) in [5.41, 5.74) is 0.565. The number of amides is 1. The summed E-state index contributed by atoms with van der Waals surface area (Å²) in [6.07, 6.45) is 2.15. The van der Waals surface area contributed by atoms with E-state index in [1.54, 1.807) is 12.1 Å². The maximum Gasteiger partial charge on any atom is 0.251 e. The van der Waals surface area contributed by atoms with Crippen LogP contribution in [0.25, 0.3) is 0 Å². The van der Waals surface area contributed by atoms with Crippen LogP contribution in [0.1, 0.15) is 23.2 Å². The van der Waals surface area contributed by atoms with Crippen LogP contribution in [0.3, 0.4) is 0 Å². The van der Waals surface area contributed by atoms with E-state index in [0.717, 1.165) is 12.8 Å². The Kier molecular flexibility index (Phi) is 3.01. The molecule has 1 aliphatic carbocycles. The van der Waals surface area contributed by atoms with Crippen LogP contribution in [0, 0.1) is 0 Å². The Morgan fingerprint density at radius 3 is 2.75 bits per heavy atom. The lowest BCUT2D eigenvalue weighted by atomic mass is 10.2. The number of nitrogens with one attached hydrogen (secondary N) is 1. The molecule has 2 rings (SSSR count). The third-order valence-electron chi connectivity index (χ3n) is 2.41. The number of halogens is 1. The molecule has 0 spiro atoms. The summed E-state index contributed by atoms with van der Waals surface area (Å²) < 4.78 is 0. The van der Waals surface area contributed by atoms with E-state index in [2.05, 4.69) is 10.3 Å². The molecule has 0 bridgehead atoms. The molecule has 86 valence electrons. The molecule has 16 heavy (non-hydrogen) atoms. The summed E-state index contributed by atoms with van der Waals surface area (Å²) in [5, 5.41) is 3.26. The van der Waals surface area contributed by atoms with Crippen molar-refractivity contribution in [1.82, 2.24) is 10.3 Å². The molecule has 1 aromatic heterocycles. The minimum atomic E-state index is -0.0742. The third-order valence-corrected chi connectivity index (χ3v) is 2.61. The molecule has 1 amide bonds. The Morgan fingerprint density at radius 1 is 1.50 bits per heavy atom. The molecular formula is C11H14ClN3O. The normalized spacial score (nSPS) is 14.7. The van der Waals surface area contributed by atoms with E-state index in [-0.39, 0.29) is 5.91 Å². The maximum atomic E-state index is 11.8. The fourth-order valence-corrected chi connectivity index (χ4v) is 1.54. The third kappa shape index (κ3) is 2.64. The number of aromatic nitrogens is 1. The van der Waals surface area contributed by atoms with Gasteiger partial charge in [0.2, 0.25) is 0 Å². The summed E-state index contributed by atoms with van der Waals surface area (Å²) >= 11 is 5.87. The number of carbonyl (C=O) groups excluding carboxylic acids is 1. The van der Waals surface area contributed by atoms with Gasteiger partial charge >= 0.3 is 0 Å². The molecule has 1 fully saturated rings. The number of hydrogen-bond acceptors (Lipinski definition) is 3. The summed E-state index contributed by atoms with van der Waals surface area (Å²) in [5.74, 6) is 0.614. The standard InChI is InChI=1S/C11H14ClN3O/c1-15(2)10-6-7(5-9(12)14-10)11(16)13-8-3-4-8/h5-6,8H,3-4H2,1-2H3,(H,13,16). The fraction of sp³-hybridized carbons (Fsp3) is 0.455. The van der Waals surface area contributed by atoms with Gasteiger partial charge in [-0.2, -0.15) is 0 Å². The van der Waals surface area contributed by atoms with Gasteiger partial charge in [0.15, 0.2) is 0 Å². The molecule has 1 heterocycles. The summed E-state index contributed by atoms with van der Waals surface area (Å²) in [7, 11) is 3.72. The monoisotopic (exact) mass is 239 g/mol. The van der Waals surface area contributed by atoms with Gasteiger partial charge in [-0.1, -0.05) is 11.6 Å². The van der Waals surface area contributed by atoms with Crippen molar-refractivity contribution in [2.45, 2.75) is 18.9 Å². The van der Waals surface area contributed by atoms with Crippen LogP contribution in [0.4, 0.5) is 5.82 Å². The number of pyridine rings is 1. The molecule has 1 saturated carbocycles. The Labute approximate surface area is 99.6 Å². The number of nitrogens with zero attached hydrogens (tertiary/aromatic N) is 2. The topological polar surface area (TPSA) is 45.2 Å².